The lowest BCUT2D eigenvalue weighted by Gasteiger charge is -2.36. The van der Waals surface area contributed by atoms with Crippen LogP contribution in [-0.2, 0) is 6.42 Å². The van der Waals surface area contributed by atoms with Gasteiger partial charge in [0.2, 0.25) is 0 Å². The molecule has 2 N–H and O–H groups in total. The molecular weight excluding hydrogens is 200 g/mol. The molecule has 0 saturated carbocycles. The van der Waals surface area contributed by atoms with Crippen LogP contribution in [0.5, 0.6) is 5.75 Å². The van der Waals surface area contributed by atoms with E-state index in [1.807, 2.05) is 12.1 Å². The molecule has 2 heterocycles. The van der Waals surface area contributed by atoms with Crippen LogP contribution < -0.4 is 5.32 Å². The van der Waals surface area contributed by atoms with Crippen molar-refractivity contribution in [2.24, 2.45) is 0 Å². The summed E-state index contributed by atoms with van der Waals surface area (Å²) in [5.41, 5.74) is 2.45. The van der Waals surface area contributed by atoms with E-state index in [0.29, 0.717) is 11.8 Å². The summed E-state index contributed by atoms with van der Waals surface area (Å²) in [5, 5.41) is 13.0. The molecule has 0 aromatic heterocycles. The first-order valence-electron chi connectivity index (χ1n) is 6.12. The first-order chi connectivity index (χ1) is 7.81. The number of phenolic OH excluding ortho intramolecular Hbond substituents is 1. The zero-order valence-electron chi connectivity index (χ0n) is 9.45. The third-order valence-electron chi connectivity index (χ3n) is 3.64. The van der Waals surface area contributed by atoms with Gasteiger partial charge in [-0.2, -0.15) is 0 Å². The van der Waals surface area contributed by atoms with Gasteiger partial charge in [-0.3, -0.25) is 0 Å². The van der Waals surface area contributed by atoms with Gasteiger partial charge in [0.15, 0.2) is 0 Å². The highest BCUT2D eigenvalue weighted by molar-refractivity contribution is 5.57. The first-order valence-corrected chi connectivity index (χ1v) is 6.12. The highest BCUT2D eigenvalue weighted by atomic mass is 16.3. The number of aryl methyl sites for hydroxylation is 1. The molecule has 0 aliphatic carbocycles. The SMILES string of the molecule is Oc1ccc2c(c1)NC(CN1CCC1)CC2. The number of rotatable bonds is 2. The molecule has 3 heteroatoms. The van der Waals surface area contributed by atoms with Gasteiger partial charge in [0.05, 0.1) is 0 Å². The number of phenols is 1. The number of nitrogens with one attached hydrogen (secondary N) is 1. The average Bonchev–Trinajstić information content (AvgIpc) is 2.23. The van der Waals surface area contributed by atoms with Gasteiger partial charge in [0.25, 0.3) is 0 Å². The highest BCUT2D eigenvalue weighted by Gasteiger charge is 2.22. The molecule has 3 nitrogen and oxygen atoms in total. The molecule has 16 heavy (non-hydrogen) atoms. The number of benzene rings is 1. The third-order valence-corrected chi connectivity index (χ3v) is 3.64. The normalized spacial score (nSPS) is 24.4. The van der Waals surface area contributed by atoms with E-state index in [2.05, 4.69) is 10.2 Å². The topological polar surface area (TPSA) is 35.5 Å². The van der Waals surface area contributed by atoms with Gasteiger partial charge in [-0.15, -0.1) is 0 Å². The summed E-state index contributed by atoms with van der Waals surface area (Å²) in [6.45, 7) is 3.66. The van der Waals surface area contributed by atoms with Gasteiger partial charge in [-0.05, 0) is 44.0 Å². The molecule has 0 bridgehead atoms. The third kappa shape index (κ3) is 1.87. The zero-order chi connectivity index (χ0) is 11.0. The number of hydrogen-bond donors (Lipinski definition) is 2. The Labute approximate surface area is 96.1 Å². The van der Waals surface area contributed by atoms with Crippen molar-refractivity contribution in [3.63, 3.8) is 0 Å². The summed E-state index contributed by atoms with van der Waals surface area (Å²) in [6, 6.07) is 6.19. The van der Waals surface area contributed by atoms with Crippen LogP contribution >= 0.6 is 0 Å². The molecule has 0 amide bonds. The fourth-order valence-corrected chi connectivity index (χ4v) is 2.55. The predicted molar refractivity (Wildman–Crippen MR) is 64.9 cm³/mol. The van der Waals surface area contributed by atoms with E-state index in [0.717, 1.165) is 18.7 Å². The number of anilines is 1. The second-order valence-corrected chi connectivity index (χ2v) is 4.88. The molecule has 3 rings (SSSR count). The van der Waals surface area contributed by atoms with Crippen molar-refractivity contribution in [3.05, 3.63) is 23.8 Å². The lowest BCUT2D eigenvalue weighted by Crippen LogP contribution is -2.45. The Balaban J connectivity index is 1.69. The van der Waals surface area contributed by atoms with Crippen LogP contribution in [0.4, 0.5) is 5.69 Å². The summed E-state index contributed by atoms with van der Waals surface area (Å²) in [4.78, 5) is 2.49. The lowest BCUT2D eigenvalue weighted by atomic mass is 9.97. The Bertz CT molecular complexity index is 388. The molecular formula is C13H18N2O. The van der Waals surface area contributed by atoms with Crippen molar-refractivity contribution in [2.75, 3.05) is 25.0 Å². The number of likely N-dealkylation sites (tertiary alicyclic amines) is 1. The number of hydrogen-bond acceptors (Lipinski definition) is 3. The smallest absolute Gasteiger partial charge is 0.117 e. The fraction of sp³-hybridized carbons (Fsp3) is 0.538. The molecule has 0 spiro atoms. The maximum Gasteiger partial charge on any atom is 0.117 e. The minimum absolute atomic E-state index is 0.357. The van der Waals surface area contributed by atoms with Crippen molar-refractivity contribution >= 4 is 5.69 Å². The van der Waals surface area contributed by atoms with E-state index in [1.165, 1.54) is 31.5 Å². The summed E-state index contributed by atoms with van der Waals surface area (Å²) >= 11 is 0. The maximum atomic E-state index is 9.46. The quantitative estimate of drug-likeness (QED) is 0.795. The Morgan fingerprint density at radius 3 is 3.00 bits per heavy atom. The van der Waals surface area contributed by atoms with Crippen molar-refractivity contribution < 1.29 is 5.11 Å². The van der Waals surface area contributed by atoms with Crippen molar-refractivity contribution in [1.82, 2.24) is 4.90 Å². The largest absolute Gasteiger partial charge is 0.508 e. The van der Waals surface area contributed by atoms with E-state index in [-0.39, 0.29) is 0 Å². The van der Waals surface area contributed by atoms with Crippen LogP contribution in [0.3, 0.4) is 0 Å². The predicted octanol–water partition coefficient (Wildman–Crippen LogP) is 1.82. The second-order valence-electron chi connectivity index (χ2n) is 4.88. The molecule has 86 valence electrons. The van der Waals surface area contributed by atoms with Crippen LogP contribution in [0, 0.1) is 0 Å². The van der Waals surface area contributed by atoms with Crippen molar-refractivity contribution in [1.29, 1.82) is 0 Å². The van der Waals surface area contributed by atoms with Crippen molar-refractivity contribution in [2.45, 2.75) is 25.3 Å². The van der Waals surface area contributed by atoms with Crippen LogP contribution in [0.25, 0.3) is 0 Å². The van der Waals surface area contributed by atoms with E-state index in [4.69, 9.17) is 0 Å². The van der Waals surface area contributed by atoms with Gasteiger partial charge in [-0.1, -0.05) is 6.07 Å². The Hall–Kier alpha value is -1.22. The molecule has 0 radical (unpaired) electrons. The Morgan fingerprint density at radius 1 is 1.38 bits per heavy atom. The molecule has 2 aliphatic heterocycles. The highest BCUT2D eigenvalue weighted by Crippen LogP contribution is 2.28. The Morgan fingerprint density at radius 2 is 2.25 bits per heavy atom. The molecule has 1 unspecified atom stereocenters. The molecule has 1 fully saturated rings. The summed E-state index contributed by atoms with van der Waals surface area (Å²) in [5.74, 6) is 0.357. The van der Waals surface area contributed by atoms with Gasteiger partial charge in [0.1, 0.15) is 5.75 Å². The standard InChI is InChI=1S/C13H18N2O/c16-12-5-3-10-2-4-11(14-13(10)8-12)9-15-6-1-7-15/h3,5,8,11,14,16H,1-2,4,6-7,9H2. The van der Waals surface area contributed by atoms with E-state index < -0.39 is 0 Å². The fourth-order valence-electron chi connectivity index (χ4n) is 2.55. The van der Waals surface area contributed by atoms with E-state index in [1.54, 1.807) is 6.07 Å². The van der Waals surface area contributed by atoms with Gasteiger partial charge in [0, 0.05) is 24.3 Å². The summed E-state index contributed by atoms with van der Waals surface area (Å²) in [6.07, 6.45) is 3.68. The number of nitrogens with zero attached hydrogens (tertiary/aromatic N) is 1. The van der Waals surface area contributed by atoms with Crippen LogP contribution in [0.2, 0.25) is 0 Å². The molecule has 2 aliphatic rings. The molecule has 1 aromatic rings. The minimum Gasteiger partial charge on any atom is -0.508 e. The summed E-state index contributed by atoms with van der Waals surface area (Å²) in [7, 11) is 0. The molecule has 1 atom stereocenters. The lowest BCUT2D eigenvalue weighted by molar-refractivity contribution is 0.171. The van der Waals surface area contributed by atoms with Crippen LogP contribution in [0.1, 0.15) is 18.4 Å². The average molecular weight is 218 g/mol. The first kappa shape index (κ1) is 9.97. The van der Waals surface area contributed by atoms with E-state index in [9.17, 15) is 5.11 Å². The van der Waals surface area contributed by atoms with E-state index >= 15 is 0 Å². The second kappa shape index (κ2) is 3.98. The van der Waals surface area contributed by atoms with Crippen LogP contribution in [-0.4, -0.2) is 35.7 Å². The maximum absolute atomic E-state index is 9.46. The van der Waals surface area contributed by atoms with Crippen molar-refractivity contribution in [3.8, 4) is 5.75 Å². The number of fused-ring (bicyclic) bond motifs is 1. The minimum atomic E-state index is 0.357. The van der Waals surface area contributed by atoms with Gasteiger partial charge in [-0.25, -0.2) is 0 Å². The summed E-state index contributed by atoms with van der Waals surface area (Å²) < 4.78 is 0. The Kier molecular flexibility index (Phi) is 2.48. The number of aromatic hydroxyl groups is 1. The molecule has 1 aromatic carbocycles. The molecule has 1 saturated heterocycles. The van der Waals surface area contributed by atoms with Crippen LogP contribution in [0.15, 0.2) is 18.2 Å². The monoisotopic (exact) mass is 218 g/mol. The van der Waals surface area contributed by atoms with Gasteiger partial charge >= 0.3 is 0 Å². The zero-order valence-corrected chi connectivity index (χ0v) is 9.45. The van der Waals surface area contributed by atoms with Gasteiger partial charge < -0.3 is 15.3 Å².